The Labute approximate surface area is 96.4 Å². The van der Waals surface area contributed by atoms with Gasteiger partial charge < -0.3 is 5.11 Å². The number of rotatable bonds is 1. The normalized spacial score (nSPS) is 10.4. The standard InChI is InChI=1S/C15H16O/c1-10-5-4-6-13(7-10)14-8-11(2)12(3)9-15(14)16/h4-9,16H,1-3H3. The van der Waals surface area contributed by atoms with Crippen LogP contribution < -0.4 is 0 Å². The fourth-order valence-electron chi connectivity index (χ4n) is 1.84. The van der Waals surface area contributed by atoms with Gasteiger partial charge in [0.25, 0.3) is 0 Å². The lowest BCUT2D eigenvalue weighted by molar-refractivity contribution is 0.476. The summed E-state index contributed by atoms with van der Waals surface area (Å²) in [5, 5.41) is 9.96. The zero-order valence-electron chi connectivity index (χ0n) is 9.91. The molecule has 0 aliphatic carbocycles. The van der Waals surface area contributed by atoms with E-state index in [0.717, 1.165) is 16.7 Å². The minimum absolute atomic E-state index is 0.355. The Bertz CT molecular complexity index is 527. The second kappa shape index (κ2) is 4.01. The lowest BCUT2D eigenvalue weighted by Gasteiger charge is -2.09. The molecule has 2 aromatic rings. The molecule has 0 heterocycles. The van der Waals surface area contributed by atoms with Gasteiger partial charge in [-0.2, -0.15) is 0 Å². The maximum atomic E-state index is 9.96. The molecule has 0 amide bonds. The van der Waals surface area contributed by atoms with Crippen LogP contribution in [-0.4, -0.2) is 5.11 Å². The zero-order chi connectivity index (χ0) is 11.7. The number of hydrogen-bond donors (Lipinski definition) is 1. The molecular weight excluding hydrogens is 196 g/mol. The Morgan fingerprint density at radius 1 is 0.875 bits per heavy atom. The lowest BCUT2D eigenvalue weighted by Crippen LogP contribution is -1.86. The summed E-state index contributed by atoms with van der Waals surface area (Å²) in [6.45, 7) is 6.13. The van der Waals surface area contributed by atoms with Gasteiger partial charge in [-0.15, -0.1) is 0 Å². The number of benzene rings is 2. The summed E-state index contributed by atoms with van der Waals surface area (Å²) in [7, 11) is 0. The molecule has 1 N–H and O–H groups in total. The van der Waals surface area contributed by atoms with E-state index in [2.05, 4.69) is 26.0 Å². The maximum Gasteiger partial charge on any atom is 0.123 e. The van der Waals surface area contributed by atoms with Crippen molar-refractivity contribution in [1.29, 1.82) is 0 Å². The number of hydrogen-bond acceptors (Lipinski definition) is 1. The topological polar surface area (TPSA) is 20.2 Å². The van der Waals surface area contributed by atoms with E-state index in [9.17, 15) is 5.11 Å². The Morgan fingerprint density at radius 2 is 1.56 bits per heavy atom. The first-order chi connectivity index (χ1) is 7.58. The molecule has 16 heavy (non-hydrogen) atoms. The highest BCUT2D eigenvalue weighted by Gasteiger charge is 2.06. The molecule has 0 fully saturated rings. The molecule has 0 saturated heterocycles. The molecule has 2 rings (SSSR count). The third kappa shape index (κ3) is 1.94. The van der Waals surface area contributed by atoms with Crippen molar-refractivity contribution in [3.8, 4) is 16.9 Å². The second-order valence-corrected chi connectivity index (χ2v) is 4.32. The molecule has 82 valence electrons. The summed E-state index contributed by atoms with van der Waals surface area (Å²) in [5.74, 6) is 0.355. The molecule has 0 saturated carbocycles. The molecule has 0 bridgehead atoms. The van der Waals surface area contributed by atoms with Crippen LogP contribution in [0.4, 0.5) is 0 Å². The minimum atomic E-state index is 0.355. The van der Waals surface area contributed by atoms with Crippen LogP contribution in [0, 0.1) is 20.8 Å². The van der Waals surface area contributed by atoms with E-state index in [1.165, 1.54) is 11.1 Å². The predicted molar refractivity (Wildman–Crippen MR) is 67.8 cm³/mol. The first-order valence-electron chi connectivity index (χ1n) is 5.45. The third-order valence-electron chi connectivity index (χ3n) is 2.94. The average molecular weight is 212 g/mol. The zero-order valence-corrected chi connectivity index (χ0v) is 9.91. The first kappa shape index (κ1) is 10.7. The Balaban J connectivity index is 2.60. The van der Waals surface area contributed by atoms with Crippen LogP contribution >= 0.6 is 0 Å². The molecular formula is C15H16O. The van der Waals surface area contributed by atoms with Gasteiger partial charge in [-0.25, -0.2) is 0 Å². The lowest BCUT2D eigenvalue weighted by atomic mass is 9.98. The molecule has 2 aromatic carbocycles. The summed E-state index contributed by atoms with van der Waals surface area (Å²) in [5.41, 5.74) is 5.51. The van der Waals surface area contributed by atoms with E-state index in [-0.39, 0.29) is 0 Å². The van der Waals surface area contributed by atoms with Crippen molar-refractivity contribution in [2.24, 2.45) is 0 Å². The van der Waals surface area contributed by atoms with Crippen LogP contribution in [0.15, 0.2) is 36.4 Å². The SMILES string of the molecule is Cc1cccc(-c2cc(C)c(C)cc2O)c1. The first-order valence-corrected chi connectivity index (χ1v) is 5.45. The van der Waals surface area contributed by atoms with Crippen molar-refractivity contribution < 1.29 is 5.11 Å². The number of phenols is 1. The van der Waals surface area contributed by atoms with E-state index >= 15 is 0 Å². The van der Waals surface area contributed by atoms with E-state index in [0.29, 0.717) is 5.75 Å². The molecule has 0 unspecified atom stereocenters. The van der Waals surface area contributed by atoms with Crippen LogP contribution in [0.3, 0.4) is 0 Å². The van der Waals surface area contributed by atoms with Crippen LogP contribution in [0.2, 0.25) is 0 Å². The molecule has 0 atom stereocenters. The van der Waals surface area contributed by atoms with Crippen molar-refractivity contribution in [2.75, 3.05) is 0 Å². The fourth-order valence-corrected chi connectivity index (χ4v) is 1.84. The van der Waals surface area contributed by atoms with E-state index in [4.69, 9.17) is 0 Å². The molecule has 1 heteroatoms. The van der Waals surface area contributed by atoms with Gasteiger partial charge in [-0.1, -0.05) is 29.8 Å². The van der Waals surface area contributed by atoms with Gasteiger partial charge in [0.1, 0.15) is 5.75 Å². The van der Waals surface area contributed by atoms with Gasteiger partial charge in [-0.3, -0.25) is 0 Å². The van der Waals surface area contributed by atoms with Gasteiger partial charge in [0.2, 0.25) is 0 Å². The van der Waals surface area contributed by atoms with Gasteiger partial charge >= 0.3 is 0 Å². The molecule has 0 spiro atoms. The summed E-state index contributed by atoms with van der Waals surface area (Å²) in [6, 6.07) is 12.0. The summed E-state index contributed by atoms with van der Waals surface area (Å²) in [4.78, 5) is 0. The molecule has 0 aliphatic rings. The van der Waals surface area contributed by atoms with Crippen LogP contribution in [0.5, 0.6) is 5.75 Å². The van der Waals surface area contributed by atoms with Crippen molar-refractivity contribution in [2.45, 2.75) is 20.8 Å². The number of aryl methyl sites for hydroxylation is 3. The second-order valence-electron chi connectivity index (χ2n) is 4.32. The maximum absolute atomic E-state index is 9.96. The average Bonchev–Trinajstić information content (AvgIpc) is 2.23. The number of phenolic OH excluding ortho intramolecular Hbond substituents is 1. The van der Waals surface area contributed by atoms with Gasteiger partial charge in [0.05, 0.1) is 0 Å². The molecule has 0 aliphatic heterocycles. The van der Waals surface area contributed by atoms with E-state index in [1.54, 1.807) is 0 Å². The van der Waals surface area contributed by atoms with Crippen LogP contribution in [0.25, 0.3) is 11.1 Å². The van der Waals surface area contributed by atoms with Gasteiger partial charge in [0, 0.05) is 5.56 Å². The molecule has 0 aromatic heterocycles. The summed E-state index contributed by atoms with van der Waals surface area (Å²) >= 11 is 0. The summed E-state index contributed by atoms with van der Waals surface area (Å²) < 4.78 is 0. The largest absolute Gasteiger partial charge is 0.507 e. The van der Waals surface area contributed by atoms with Crippen molar-refractivity contribution in [3.05, 3.63) is 53.1 Å². The van der Waals surface area contributed by atoms with Crippen molar-refractivity contribution >= 4 is 0 Å². The fraction of sp³-hybridized carbons (Fsp3) is 0.200. The predicted octanol–water partition coefficient (Wildman–Crippen LogP) is 3.98. The smallest absolute Gasteiger partial charge is 0.123 e. The van der Waals surface area contributed by atoms with E-state index < -0.39 is 0 Å². The third-order valence-corrected chi connectivity index (χ3v) is 2.94. The van der Waals surface area contributed by atoms with E-state index in [1.807, 2.05) is 31.2 Å². The highest BCUT2D eigenvalue weighted by atomic mass is 16.3. The van der Waals surface area contributed by atoms with Crippen molar-refractivity contribution in [1.82, 2.24) is 0 Å². The Morgan fingerprint density at radius 3 is 2.25 bits per heavy atom. The van der Waals surface area contributed by atoms with Gasteiger partial charge in [0.15, 0.2) is 0 Å². The minimum Gasteiger partial charge on any atom is -0.507 e. The molecule has 0 radical (unpaired) electrons. The highest BCUT2D eigenvalue weighted by molar-refractivity contribution is 5.72. The van der Waals surface area contributed by atoms with Crippen LogP contribution in [0.1, 0.15) is 16.7 Å². The quantitative estimate of drug-likeness (QED) is 0.758. The van der Waals surface area contributed by atoms with Gasteiger partial charge in [-0.05, 0) is 49.6 Å². The highest BCUT2D eigenvalue weighted by Crippen LogP contribution is 2.31. The monoisotopic (exact) mass is 212 g/mol. The Kier molecular flexibility index (Phi) is 2.69. The Hall–Kier alpha value is -1.76. The van der Waals surface area contributed by atoms with Crippen LogP contribution in [-0.2, 0) is 0 Å². The van der Waals surface area contributed by atoms with Crippen molar-refractivity contribution in [3.63, 3.8) is 0 Å². The number of aromatic hydroxyl groups is 1. The molecule has 1 nitrogen and oxygen atoms in total. The summed E-state index contributed by atoms with van der Waals surface area (Å²) in [6.07, 6.45) is 0.